The minimum absolute atomic E-state index is 0.0240. The van der Waals surface area contributed by atoms with Crippen LogP contribution in [0.3, 0.4) is 0 Å². The lowest BCUT2D eigenvalue weighted by Crippen LogP contribution is -2.41. The van der Waals surface area contributed by atoms with E-state index in [-0.39, 0.29) is 29.7 Å². The minimum atomic E-state index is -0.233. The van der Waals surface area contributed by atoms with E-state index in [4.69, 9.17) is 9.72 Å². The third-order valence-corrected chi connectivity index (χ3v) is 12.3. The van der Waals surface area contributed by atoms with Gasteiger partial charge in [-0.15, -0.1) is 0 Å². The van der Waals surface area contributed by atoms with Crippen LogP contribution in [0.15, 0.2) is 54.9 Å². The number of nitrogens with one attached hydrogen (secondary N) is 2. The van der Waals surface area contributed by atoms with E-state index < -0.39 is 0 Å². The Kier molecular flexibility index (Phi) is 11.0. The zero-order valence-corrected chi connectivity index (χ0v) is 32.1. The first-order valence-electron chi connectivity index (χ1n) is 20.2. The molecular formula is C42H53N9O4. The van der Waals surface area contributed by atoms with E-state index in [2.05, 4.69) is 59.2 Å². The van der Waals surface area contributed by atoms with Crippen molar-refractivity contribution in [3.8, 4) is 5.75 Å². The minimum Gasteiger partial charge on any atom is -0.491 e. The first-order valence-corrected chi connectivity index (χ1v) is 20.2. The largest absolute Gasteiger partial charge is 0.491 e. The van der Waals surface area contributed by atoms with Gasteiger partial charge in [0.2, 0.25) is 17.8 Å². The van der Waals surface area contributed by atoms with Gasteiger partial charge in [0.15, 0.2) is 0 Å². The number of aromatic nitrogens is 4. The van der Waals surface area contributed by atoms with Gasteiger partial charge in [-0.1, -0.05) is 25.0 Å². The molecule has 3 aliphatic heterocycles. The molecule has 1 aromatic carbocycles. The van der Waals surface area contributed by atoms with Gasteiger partial charge in [-0.2, -0.15) is 4.98 Å². The van der Waals surface area contributed by atoms with Crippen molar-refractivity contribution in [3.63, 3.8) is 0 Å². The van der Waals surface area contributed by atoms with Gasteiger partial charge in [0.25, 0.3) is 5.91 Å². The van der Waals surface area contributed by atoms with E-state index in [1.165, 1.54) is 31.4 Å². The smallest absolute Gasteiger partial charge is 0.270 e. The predicted octanol–water partition coefficient (Wildman–Crippen LogP) is 5.91. The molecule has 3 saturated heterocycles. The molecule has 0 radical (unpaired) electrons. The molecule has 1 atom stereocenters. The molecule has 13 heteroatoms. The second-order valence-electron chi connectivity index (χ2n) is 16.0. The zero-order chi connectivity index (χ0) is 37.9. The Morgan fingerprint density at radius 1 is 0.891 bits per heavy atom. The van der Waals surface area contributed by atoms with E-state index >= 15 is 0 Å². The molecule has 3 aromatic heterocycles. The Bertz CT molecular complexity index is 1970. The molecule has 1 saturated carbocycles. The molecule has 13 nitrogen and oxygen atoms in total. The van der Waals surface area contributed by atoms with Gasteiger partial charge in [-0.25, -0.2) is 9.97 Å². The molecule has 0 bridgehead atoms. The number of hydrogen-bond acceptors (Lipinski definition) is 10. The average molecular weight is 748 g/mol. The summed E-state index contributed by atoms with van der Waals surface area (Å²) in [6, 6.07) is 14.4. The summed E-state index contributed by atoms with van der Waals surface area (Å²) in [4.78, 5) is 57.4. The van der Waals surface area contributed by atoms with Crippen molar-refractivity contribution >= 4 is 46.2 Å². The van der Waals surface area contributed by atoms with Crippen LogP contribution in [0, 0.1) is 11.8 Å². The third kappa shape index (κ3) is 8.31. The SMILES string of the molecule is CN(C)C(=O)c1cc2cnc(Nc3ccc(OCCN4CCC(C5CCN(c6ccc(C7CCC(=O)NC7=O)cc6)CC5)CC4)cn3)nc2n1C1CCCC1. The molecule has 4 aliphatic rings. The summed E-state index contributed by atoms with van der Waals surface area (Å²) in [6.45, 7) is 5.86. The lowest BCUT2D eigenvalue weighted by molar-refractivity contribution is -0.134. The fourth-order valence-corrected chi connectivity index (χ4v) is 9.15. The molecule has 4 fully saturated rings. The lowest BCUT2D eigenvalue weighted by Gasteiger charge is -2.41. The van der Waals surface area contributed by atoms with E-state index in [0.717, 1.165) is 92.6 Å². The number of benzene rings is 1. The monoisotopic (exact) mass is 747 g/mol. The summed E-state index contributed by atoms with van der Waals surface area (Å²) in [5, 5.41) is 6.57. The number of hydrogen-bond donors (Lipinski definition) is 2. The first-order chi connectivity index (χ1) is 26.8. The van der Waals surface area contributed by atoms with Crippen molar-refractivity contribution in [2.75, 3.05) is 63.6 Å². The molecule has 0 spiro atoms. The van der Waals surface area contributed by atoms with E-state index in [1.807, 2.05) is 18.2 Å². The molecule has 1 unspecified atom stereocenters. The molecule has 1 aliphatic carbocycles. The molecule has 4 aromatic rings. The number of anilines is 3. The molecule has 6 heterocycles. The Morgan fingerprint density at radius 3 is 2.29 bits per heavy atom. The Morgan fingerprint density at radius 2 is 1.62 bits per heavy atom. The van der Waals surface area contributed by atoms with Crippen LogP contribution in [0.5, 0.6) is 5.75 Å². The van der Waals surface area contributed by atoms with Crippen LogP contribution in [-0.4, -0.2) is 100 Å². The summed E-state index contributed by atoms with van der Waals surface area (Å²) < 4.78 is 8.21. The number of imide groups is 1. The number of nitrogens with zero attached hydrogens (tertiary/aromatic N) is 7. The first kappa shape index (κ1) is 36.9. The number of likely N-dealkylation sites (tertiary alicyclic amines) is 1. The van der Waals surface area contributed by atoms with Gasteiger partial charge in [0.05, 0.1) is 12.1 Å². The normalized spacial score (nSPS) is 20.5. The number of ether oxygens (including phenoxy) is 1. The average Bonchev–Trinajstić information content (AvgIpc) is 3.87. The van der Waals surface area contributed by atoms with Gasteiger partial charge in [0.1, 0.15) is 29.5 Å². The van der Waals surface area contributed by atoms with E-state index in [9.17, 15) is 14.4 Å². The van der Waals surface area contributed by atoms with Crippen LogP contribution in [-0.2, 0) is 9.59 Å². The third-order valence-electron chi connectivity index (χ3n) is 12.3. The number of amides is 3. The van der Waals surface area contributed by atoms with Gasteiger partial charge < -0.3 is 24.4 Å². The lowest BCUT2D eigenvalue weighted by atomic mass is 9.78. The maximum Gasteiger partial charge on any atom is 0.270 e. The highest BCUT2D eigenvalue weighted by molar-refractivity contribution is 6.01. The second-order valence-corrected chi connectivity index (χ2v) is 16.0. The standard InChI is InChI=1S/C42H53N9O4/c1-48(2)41(54)36-25-31-26-44-42(47-39(31)51(36)33-5-3-4-6-33)45-37-13-11-34(27-43-37)55-24-23-49-19-15-28(16-20-49)29-17-21-50(22-18-29)32-9-7-30(8-10-32)35-12-14-38(52)46-40(35)53/h7-11,13,25-29,33,35H,3-6,12,14-24H2,1-2H3,(H,46,52,53)(H,43,44,45,47). The van der Waals surface area contributed by atoms with Crippen molar-refractivity contribution in [1.29, 1.82) is 0 Å². The van der Waals surface area contributed by atoms with Crippen molar-refractivity contribution in [3.05, 3.63) is 66.1 Å². The Hall–Kier alpha value is -5.04. The van der Waals surface area contributed by atoms with Crippen LogP contribution in [0.25, 0.3) is 11.0 Å². The predicted molar refractivity (Wildman–Crippen MR) is 212 cm³/mol. The van der Waals surface area contributed by atoms with Crippen molar-refractivity contribution in [2.45, 2.75) is 76.2 Å². The van der Waals surface area contributed by atoms with Gasteiger partial charge in [0, 0.05) is 63.5 Å². The van der Waals surface area contributed by atoms with Crippen LogP contribution in [0.4, 0.5) is 17.5 Å². The fourth-order valence-electron chi connectivity index (χ4n) is 9.15. The number of rotatable bonds is 11. The quantitative estimate of drug-likeness (QED) is 0.178. The van der Waals surface area contributed by atoms with Crippen molar-refractivity contribution in [2.24, 2.45) is 11.8 Å². The highest BCUT2D eigenvalue weighted by Gasteiger charge is 2.31. The van der Waals surface area contributed by atoms with Crippen molar-refractivity contribution < 1.29 is 19.1 Å². The molecule has 3 amide bonds. The fraction of sp³-hybridized carbons (Fsp3) is 0.524. The highest BCUT2D eigenvalue weighted by Crippen LogP contribution is 2.36. The number of carbonyl (C=O) groups excluding carboxylic acids is 3. The zero-order valence-electron chi connectivity index (χ0n) is 32.1. The van der Waals surface area contributed by atoms with Gasteiger partial charge >= 0.3 is 0 Å². The van der Waals surface area contributed by atoms with Crippen molar-refractivity contribution in [1.82, 2.24) is 34.6 Å². The maximum atomic E-state index is 13.0. The van der Waals surface area contributed by atoms with Gasteiger partial charge in [-0.05, 0) is 106 Å². The number of piperidine rings is 3. The molecule has 290 valence electrons. The van der Waals surface area contributed by atoms with Crippen LogP contribution in [0.2, 0.25) is 0 Å². The molecular weight excluding hydrogens is 695 g/mol. The van der Waals surface area contributed by atoms with Crippen LogP contribution < -0.4 is 20.3 Å². The van der Waals surface area contributed by atoms with Crippen LogP contribution in [0.1, 0.15) is 92.2 Å². The summed E-state index contributed by atoms with van der Waals surface area (Å²) in [5.41, 5.74) is 3.64. The molecule has 55 heavy (non-hydrogen) atoms. The summed E-state index contributed by atoms with van der Waals surface area (Å²) in [6.07, 6.45) is 13.8. The Balaban J connectivity index is 0.768. The van der Waals surface area contributed by atoms with Crippen LogP contribution >= 0.6 is 0 Å². The van der Waals surface area contributed by atoms with E-state index in [0.29, 0.717) is 36.9 Å². The number of carbonyl (C=O) groups is 3. The number of pyridine rings is 1. The summed E-state index contributed by atoms with van der Waals surface area (Å²) in [5.74, 6) is 2.75. The summed E-state index contributed by atoms with van der Waals surface area (Å²) in [7, 11) is 3.56. The Labute approximate surface area is 322 Å². The molecule has 2 N–H and O–H groups in total. The van der Waals surface area contributed by atoms with E-state index in [1.54, 1.807) is 31.4 Å². The molecule has 8 rings (SSSR count). The topological polar surface area (TPSA) is 138 Å². The number of fused-ring (bicyclic) bond motifs is 1. The summed E-state index contributed by atoms with van der Waals surface area (Å²) >= 11 is 0. The maximum absolute atomic E-state index is 13.0. The second kappa shape index (κ2) is 16.4. The highest BCUT2D eigenvalue weighted by atomic mass is 16.5. The van der Waals surface area contributed by atoms with Gasteiger partial charge in [-0.3, -0.25) is 24.6 Å².